The fourth-order valence-electron chi connectivity index (χ4n) is 4.19. The van der Waals surface area contributed by atoms with E-state index in [1.165, 1.54) is 0 Å². The van der Waals surface area contributed by atoms with Gasteiger partial charge in [-0.2, -0.15) is 0 Å². The Bertz CT molecular complexity index is 1230. The Balaban J connectivity index is 1.39. The van der Waals surface area contributed by atoms with Crippen molar-refractivity contribution in [3.63, 3.8) is 0 Å². The number of likely N-dealkylation sites (tertiary alicyclic amines) is 1. The van der Waals surface area contributed by atoms with Crippen molar-refractivity contribution in [2.75, 3.05) is 6.54 Å². The van der Waals surface area contributed by atoms with Crippen LogP contribution in [0, 0.1) is 6.92 Å². The number of hydrogen-bond donors (Lipinski definition) is 0. The summed E-state index contributed by atoms with van der Waals surface area (Å²) in [5, 5.41) is 0.709. The van der Waals surface area contributed by atoms with Gasteiger partial charge in [0.15, 0.2) is 0 Å². The Morgan fingerprint density at radius 2 is 2.03 bits per heavy atom. The van der Waals surface area contributed by atoms with Crippen LogP contribution in [0.3, 0.4) is 0 Å². The predicted octanol–water partition coefficient (Wildman–Crippen LogP) is 5.24. The van der Waals surface area contributed by atoms with Gasteiger partial charge in [-0.25, -0.2) is 9.97 Å². The molecule has 1 atom stereocenters. The summed E-state index contributed by atoms with van der Waals surface area (Å²) in [7, 11) is 0. The van der Waals surface area contributed by atoms with Crippen LogP contribution in [-0.4, -0.2) is 31.7 Å². The maximum atomic E-state index is 13.4. The van der Waals surface area contributed by atoms with Crippen LogP contribution in [0.1, 0.15) is 58.7 Å². The van der Waals surface area contributed by atoms with Gasteiger partial charge in [0.2, 0.25) is 5.89 Å². The molecule has 0 N–H and O–H groups in total. The molecule has 0 aliphatic carbocycles. The normalized spacial score (nSPS) is 16.7. The van der Waals surface area contributed by atoms with Gasteiger partial charge in [-0.1, -0.05) is 29.8 Å². The number of amides is 1. The van der Waals surface area contributed by atoms with Crippen molar-refractivity contribution in [2.24, 2.45) is 0 Å². The van der Waals surface area contributed by atoms with E-state index in [1.54, 1.807) is 6.20 Å². The summed E-state index contributed by atoms with van der Waals surface area (Å²) in [6.45, 7) is 2.67. The number of aromatic nitrogens is 3. The Labute approximate surface area is 185 Å². The average molecular weight is 435 g/mol. The summed E-state index contributed by atoms with van der Waals surface area (Å²) in [6, 6.07) is 13.4. The van der Waals surface area contributed by atoms with Gasteiger partial charge in [-0.05, 0) is 56.0 Å². The van der Waals surface area contributed by atoms with E-state index in [-0.39, 0.29) is 11.9 Å². The highest BCUT2D eigenvalue weighted by atomic mass is 35.5. The molecule has 7 heteroatoms. The lowest BCUT2D eigenvalue weighted by molar-refractivity contribution is 0.0564. The van der Waals surface area contributed by atoms with Crippen molar-refractivity contribution in [3.8, 4) is 0 Å². The van der Waals surface area contributed by atoms with E-state index in [1.807, 2.05) is 64.9 Å². The van der Waals surface area contributed by atoms with E-state index in [9.17, 15) is 4.79 Å². The molecule has 5 rings (SSSR count). The highest BCUT2D eigenvalue weighted by Crippen LogP contribution is 2.32. The maximum absolute atomic E-state index is 13.4. The first kappa shape index (κ1) is 19.8. The number of halogens is 1. The summed E-state index contributed by atoms with van der Waals surface area (Å²) in [6.07, 6.45) is 7.05. The van der Waals surface area contributed by atoms with Crippen molar-refractivity contribution in [1.29, 1.82) is 0 Å². The second-order valence-electron chi connectivity index (χ2n) is 8.00. The summed E-state index contributed by atoms with van der Waals surface area (Å²) < 4.78 is 8.03. The second kappa shape index (κ2) is 8.19. The minimum atomic E-state index is -0.175. The maximum Gasteiger partial charge on any atom is 0.274 e. The number of rotatable bonds is 4. The largest absolute Gasteiger partial charge is 0.443 e. The molecule has 1 saturated heterocycles. The zero-order valence-electron chi connectivity index (χ0n) is 17.3. The Morgan fingerprint density at radius 1 is 1.19 bits per heavy atom. The van der Waals surface area contributed by atoms with Crippen molar-refractivity contribution in [1.82, 2.24) is 19.3 Å². The smallest absolute Gasteiger partial charge is 0.274 e. The van der Waals surface area contributed by atoms with Gasteiger partial charge < -0.3 is 13.7 Å². The first-order chi connectivity index (χ1) is 15.1. The third-order valence-corrected chi connectivity index (χ3v) is 6.08. The van der Waals surface area contributed by atoms with Gasteiger partial charge >= 0.3 is 0 Å². The predicted molar refractivity (Wildman–Crippen MR) is 118 cm³/mol. The van der Waals surface area contributed by atoms with Gasteiger partial charge in [0, 0.05) is 29.9 Å². The number of aryl methyl sites for hydroxylation is 1. The van der Waals surface area contributed by atoms with Crippen LogP contribution in [-0.2, 0) is 6.42 Å². The summed E-state index contributed by atoms with van der Waals surface area (Å²) in [5.74, 6) is 1.29. The monoisotopic (exact) mass is 434 g/mol. The van der Waals surface area contributed by atoms with Gasteiger partial charge in [-0.15, -0.1) is 0 Å². The first-order valence-electron chi connectivity index (χ1n) is 10.5. The highest BCUT2D eigenvalue weighted by Gasteiger charge is 2.33. The van der Waals surface area contributed by atoms with E-state index in [4.69, 9.17) is 16.0 Å². The highest BCUT2D eigenvalue weighted by molar-refractivity contribution is 6.30. The molecule has 6 nitrogen and oxygen atoms in total. The molecule has 4 heterocycles. The minimum Gasteiger partial charge on any atom is -0.443 e. The molecule has 4 aromatic rings. The van der Waals surface area contributed by atoms with E-state index >= 15 is 0 Å². The molecule has 0 saturated carbocycles. The van der Waals surface area contributed by atoms with Crippen LogP contribution in [0.15, 0.2) is 59.3 Å². The standard InChI is InChI=1S/C24H23ClN4O2/c1-16-5-4-7-22-27-20(15-29(16)22)24(30)28-12-3-2-6-21(28)23-26-14-19(31-23)13-17-8-10-18(25)11-9-17/h4-5,7-11,14-15,21H,2-3,6,12-13H2,1H3/t21-/m0/s1. The van der Waals surface area contributed by atoms with E-state index in [2.05, 4.69) is 9.97 Å². The summed E-state index contributed by atoms with van der Waals surface area (Å²) in [4.78, 5) is 24.3. The van der Waals surface area contributed by atoms with Gasteiger partial charge in [-0.3, -0.25) is 4.79 Å². The van der Waals surface area contributed by atoms with E-state index < -0.39 is 0 Å². The molecule has 0 spiro atoms. The Hall–Kier alpha value is -3.12. The fourth-order valence-corrected chi connectivity index (χ4v) is 4.32. The number of benzene rings is 1. The molecule has 31 heavy (non-hydrogen) atoms. The molecule has 3 aromatic heterocycles. The zero-order chi connectivity index (χ0) is 21.4. The lowest BCUT2D eigenvalue weighted by Crippen LogP contribution is -2.38. The number of carbonyl (C=O) groups is 1. The molecule has 0 unspecified atom stereocenters. The summed E-state index contributed by atoms with van der Waals surface area (Å²) >= 11 is 5.97. The molecular weight excluding hydrogens is 412 g/mol. The van der Waals surface area contributed by atoms with Crippen LogP contribution in [0.25, 0.3) is 5.65 Å². The molecule has 1 fully saturated rings. The van der Waals surface area contributed by atoms with Crippen LogP contribution in [0.2, 0.25) is 5.02 Å². The number of piperidine rings is 1. The molecule has 1 aliphatic rings. The Kier molecular flexibility index (Phi) is 5.24. The SMILES string of the molecule is Cc1cccc2nc(C(=O)N3CCCC[C@H]3c3ncc(Cc4ccc(Cl)cc4)o3)cn12. The van der Waals surface area contributed by atoms with Gasteiger partial charge in [0.1, 0.15) is 23.1 Å². The number of pyridine rings is 1. The summed E-state index contributed by atoms with van der Waals surface area (Å²) in [5.41, 5.74) is 3.37. The van der Waals surface area contributed by atoms with Crippen LogP contribution >= 0.6 is 11.6 Å². The van der Waals surface area contributed by atoms with Crippen molar-refractivity contribution in [2.45, 2.75) is 38.6 Å². The number of oxazole rings is 1. The Morgan fingerprint density at radius 3 is 2.84 bits per heavy atom. The van der Waals surface area contributed by atoms with E-state index in [0.29, 0.717) is 29.6 Å². The second-order valence-corrected chi connectivity index (χ2v) is 8.44. The molecular formula is C24H23ClN4O2. The third-order valence-electron chi connectivity index (χ3n) is 5.83. The van der Waals surface area contributed by atoms with Crippen molar-refractivity contribution in [3.05, 3.63) is 88.5 Å². The lowest BCUT2D eigenvalue weighted by atomic mass is 10.0. The quantitative estimate of drug-likeness (QED) is 0.440. The first-order valence-corrected chi connectivity index (χ1v) is 10.9. The lowest BCUT2D eigenvalue weighted by Gasteiger charge is -2.33. The molecule has 1 aliphatic heterocycles. The molecule has 158 valence electrons. The van der Waals surface area contributed by atoms with E-state index in [0.717, 1.165) is 41.9 Å². The topological polar surface area (TPSA) is 63.6 Å². The number of carbonyl (C=O) groups excluding carboxylic acids is 1. The van der Waals surface area contributed by atoms with Crippen LogP contribution < -0.4 is 0 Å². The number of hydrogen-bond acceptors (Lipinski definition) is 4. The molecule has 0 bridgehead atoms. The van der Waals surface area contributed by atoms with Gasteiger partial charge in [0.05, 0.1) is 6.20 Å². The fraction of sp³-hybridized carbons (Fsp3) is 0.292. The molecule has 1 aromatic carbocycles. The van der Waals surface area contributed by atoms with Crippen LogP contribution in [0.4, 0.5) is 0 Å². The average Bonchev–Trinajstić information content (AvgIpc) is 3.43. The minimum absolute atomic E-state index is 0.0785. The number of imidazole rings is 1. The molecule has 1 amide bonds. The third kappa shape index (κ3) is 3.95. The van der Waals surface area contributed by atoms with Crippen molar-refractivity contribution < 1.29 is 9.21 Å². The number of fused-ring (bicyclic) bond motifs is 1. The zero-order valence-corrected chi connectivity index (χ0v) is 18.0. The molecule has 0 radical (unpaired) electrons. The number of nitrogens with zero attached hydrogens (tertiary/aromatic N) is 4. The van der Waals surface area contributed by atoms with Crippen molar-refractivity contribution >= 4 is 23.2 Å². The van der Waals surface area contributed by atoms with Crippen LogP contribution in [0.5, 0.6) is 0 Å². The van der Waals surface area contributed by atoms with Gasteiger partial charge in [0.25, 0.3) is 5.91 Å².